The molecule has 0 saturated heterocycles. The van der Waals surface area contributed by atoms with Gasteiger partial charge in [0, 0.05) is 25.3 Å². The molecule has 4 heteroatoms. The summed E-state index contributed by atoms with van der Waals surface area (Å²) in [5, 5.41) is 11.7. The molecule has 0 aliphatic heterocycles. The van der Waals surface area contributed by atoms with Crippen LogP contribution in [-0.4, -0.2) is 19.3 Å². The standard InChI is InChI=1S/C13H17FN2O/c1-3-17-10(2)8-16-9-12-5-4-11(7-15)6-13(12)14/h4-6,10,16H,3,8-9H2,1-2H3. The zero-order chi connectivity index (χ0) is 12.7. The number of nitrogens with zero attached hydrogens (tertiary/aromatic N) is 1. The zero-order valence-corrected chi connectivity index (χ0v) is 10.2. The van der Waals surface area contributed by atoms with Crippen molar-refractivity contribution in [3.05, 3.63) is 35.1 Å². The van der Waals surface area contributed by atoms with Gasteiger partial charge in [0.1, 0.15) is 5.82 Å². The molecular weight excluding hydrogens is 219 g/mol. The van der Waals surface area contributed by atoms with Crippen LogP contribution in [0.3, 0.4) is 0 Å². The van der Waals surface area contributed by atoms with Crippen molar-refractivity contribution in [2.75, 3.05) is 13.2 Å². The largest absolute Gasteiger partial charge is 0.377 e. The number of hydrogen-bond donors (Lipinski definition) is 1. The second kappa shape index (κ2) is 7.00. The number of benzene rings is 1. The molecule has 0 spiro atoms. The van der Waals surface area contributed by atoms with Gasteiger partial charge in [-0.15, -0.1) is 0 Å². The maximum absolute atomic E-state index is 13.5. The van der Waals surface area contributed by atoms with E-state index in [9.17, 15) is 4.39 Å². The number of nitriles is 1. The van der Waals surface area contributed by atoms with Gasteiger partial charge in [0.15, 0.2) is 0 Å². The Kier molecular flexibility index (Phi) is 5.61. The summed E-state index contributed by atoms with van der Waals surface area (Å²) in [6, 6.07) is 6.41. The monoisotopic (exact) mass is 236 g/mol. The fraction of sp³-hybridized carbons (Fsp3) is 0.462. The van der Waals surface area contributed by atoms with Crippen LogP contribution in [0, 0.1) is 17.1 Å². The van der Waals surface area contributed by atoms with Crippen LogP contribution >= 0.6 is 0 Å². The lowest BCUT2D eigenvalue weighted by Crippen LogP contribution is -2.26. The van der Waals surface area contributed by atoms with Gasteiger partial charge < -0.3 is 10.1 Å². The lowest BCUT2D eigenvalue weighted by atomic mass is 10.1. The highest BCUT2D eigenvalue weighted by molar-refractivity contribution is 5.32. The fourth-order valence-corrected chi connectivity index (χ4v) is 1.51. The molecular formula is C13H17FN2O. The van der Waals surface area contributed by atoms with Gasteiger partial charge in [-0.25, -0.2) is 4.39 Å². The van der Waals surface area contributed by atoms with Gasteiger partial charge in [0.25, 0.3) is 0 Å². The maximum atomic E-state index is 13.5. The van der Waals surface area contributed by atoms with Gasteiger partial charge in [-0.2, -0.15) is 5.26 Å². The molecule has 0 radical (unpaired) electrons. The summed E-state index contributed by atoms with van der Waals surface area (Å²) >= 11 is 0. The van der Waals surface area contributed by atoms with Gasteiger partial charge in [0.2, 0.25) is 0 Å². The summed E-state index contributed by atoms with van der Waals surface area (Å²) in [6.45, 7) is 5.69. The molecule has 0 aliphatic rings. The first-order chi connectivity index (χ1) is 8.17. The maximum Gasteiger partial charge on any atom is 0.129 e. The van der Waals surface area contributed by atoms with Crippen LogP contribution in [0.4, 0.5) is 4.39 Å². The van der Waals surface area contributed by atoms with Crippen molar-refractivity contribution in [3.8, 4) is 6.07 Å². The van der Waals surface area contributed by atoms with Crippen LogP contribution in [0.1, 0.15) is 25.0 Å². The molecule has 0 heterocycles. The van der Waals surface area contributed by atoms with E-state index in [1.807, 2.05) is 19.9 Å². The fourth-order valence-electron chi connectivity index (χ4n) is 1.51. The number of halogens is 1. The molecule has 1 N–H and O–H groups in total. The number of nitrogens with one attached hydrogen (secondary N) is 1. The lowest BCUT2D eigenvalue weighted by Gasteiger charge is -2.12. The molecule has 1 rings (SSSR count). The van der Waals surface area contributed by atoms with Crippen LogP contribution in [0.2, 0.25) is 0 Å². The highest BCUT2D eigenvalue weighted by Gasteiger charge is 2.04. The summed E-state index contributed by atoms with van der Waals surface area (Å²) in [5.41, 5.74) is 0.904. The first-order valence-corrected chi connectivity index (χ1v) is 5.68. The van der Waals surface area contributed by atoms with Crippen LogP contribution < -0.4 is 5.32 Å². The first-order valence-electron chi connectivity index (χ1n) is 5.68. The molecule has 0 aliphatic carbocycles. The predicted octanol–water partition coefficient (Wildman–Crippen LogP) is 2.21. The summed E-state index contributed by atoms with van der Waals surface area (Å²) < 4.78 is 18.8. The number of rotatable bonds is 6. The van der Waals surface area contributed by atoms with Crippen molar-refractivity contribution in [1.29, 1.82) is 5.26 Å². The van der Waals surface area contributed by atoms with E-state index in [4.69, 9.17) is 10.00 Å². The minimum atomic E-state index is -0.347. The predicted molar refractivity (Wildman–Crippen MR) is 63.9 cm³/mol. The molecule has 1 atom stereocenters. The molecule has 3 nitrogen and oxygen atoms in total. The summed E-state index contributed by atoms with van der Waals surface area (Å²) in [6.07, 6.45) is 0.112. The van der Waals surface area contributed by atoms with Crippen molar-refractivity contribution in [3.63, 3.8) is 0 Å². The van der Waals surface area contributed by atoms with Crippen molar-refractivity contribution in [1.82, 2.24) is 5.32 Å². The number of ether oxygens (including phenoxy) is 1. The molecule has 17 heavy (non-hydrogen) atoms. The van der Waals surface area contributed by atoms with Crippen LogP contribution in [0.15, 0.2) is 18.2 Å². The lowest BCUT2D eigenvalue weighted by molar-refractivity contribution is 0.0759. The van der Waals surface area contributed by atoms with E-state index in [1.165, 1.54) is 6.07 Å². The van der Waals surface area contributed by atoms with Crippen LogP contribution in [-0.2, 0) is 11.3 Å². The zero-order valence-electron chi connectivity index (χ0n) is 10.2. The van der Waals surface area contributed by atoms with Gasteiger partial charge in [-0.1, -0.05) is 6.07 Å². The molecule has 1 aromatic carbocycles. The molecule has 1 unspecified atom stereocenters. The van der Waals surface area contributed by atoms with E-state index in [-0.39, 0.29) is 11.9 Å². The van der Waals surface area contributed by atoms with E-state index >= 15 is 0 Å². The third-order valence-corrected chi connectivity index (χ3v) is 2.38. The molecule has 0 aromatic heterocycles. The Labute approximate surface area is 101 Å². The van der Waals surface area contributed by atoms with Crippen LogP contribution in [0.5, 0.6) is 0 Å². The Hall–Kier alpha value is -1.44. The van der Waals surface area contributed by atoms with Crippen molar-refractivity contribution < 1.29 is 9.13 Å². The first kappa shape index (κ1) is 13.6. The Morgan fingerprint density at radius 3 is 2.88 bits per heavy atom. The van der Waals surface area contributed by atoms with E-state index in [0.29, 0.717) is 30.8 Å². The Balaban J connectivity index is 2.45. The summed E-state index contributed by atoms with van der Waals surface area (Å²) in [4.78, 5) is 0. The Morgan fingerprint density at radius 2 is 2.29 bits per heavy atom. The van der Waals surface area contributed by atoms with Crippen molar-refractivity contribution in [2.24, 2.45) is 0 Å². The third-order valence-electron chi connectivity index (χ3n) is 2.38. The van der Waals surface area contributed by atoms with E-state index in [2.05, 4.69) is 5.32 Å². The second-order valence-electron chi connectivity index (χ2n) is 3.81. The summed E-state index contributed by atoms with van der Waals surface area (Å²) in [5.74, 6) is -0.347. The number of hydrogen-bond acceptors (Lipinski definition) is 3. The van der Waals surface area contributed by atoms with Crippen molar-refractivity contribution in [2.45, 2.75) is 26.5 Å². The SMILES string of the molecule is CCOC(C)CNCc1ccc(C#N)cc1F. The molecule has 0 bridgehead atoms. The minimum Gasteiger partial charge on any atom is -0.377 e. The third kappa shape index (κ3) is 4.51. The van der Waals surface area contributed by atoms with Gasteiger partial charge in [0.05, 0.1) is 17.7 Å². The molecule has 0 saturated carbocycles. The highest BCUT2D eigenvalue weighted by Crippen LogP contribution is 2.09. The average molecular weight is 236 g/mol. The molecule has 92 valence electrons. The van der Waals surface area contributed by atoms with Crippen LogP contribution in [0.25, 0.3) is 0 Å². The van der Waals surface area contributed by atoms with E-state index in [0.717, 1.165) is 0 Å². The second-order valence-corrected chi connectivity index (χ2v) is 3.81. The smallest absolute Gasteiger partial charge is 0.129 e. The van der Waals surface area contributed by atoms with E-state index in [1.54, 1.807) is 12.1 Å². The molecule has 0 amide bonds. The van der Waals surface area contributed by atoms with Gasteiger partial charge in [-0.3, -0.25) is 0 Å². The summed E-state index contributed by atoms with van der Waals surface area (Å²) in [7, 11) is 0. The normalized spacial score (nSPS) is 12.1. The molecule has 0 fully saturated rings. The minimum absolute atomic E-state index is 0.112. The van der Waals surface area contributed by atoms with Crippen molar-refractivity contribution >= 4 is 0 Å². The van der Waals surface area contributed by atoms with Gasteiger partial charge >= 0.3 is 0 Å². The average Bonchev–Trinajstić information content (AvgIpc) is 2.31. The highest BCUT2D eigenvalue weighted by atomic mass is 19.1. The quantitative estimate of drug-likeness (QED) is 0.823. The topological polar surface area (TPSA) is 45.0 Å². The Bertz CT molecular complexity index is 401. The van der Waals surface area contributed by atoms with Gasteiger partial charge in [-0.05, 0) is 26.0 Å². The Morgan fingerprint density at radius 1 is 1.53 bits per heavy atom. The van der Waals surface area contributed by atoms with E-state index < -0.39 is 0 Å². The molecule has 1 aromatic rings.